The maximum atomic E-state index is 12.0. The number of nitrogens with zero attached hydrogens (tertiary/aromatic N) is 1. The van der Waals surface area contributed by atoms with E-state index in [9.17, 15) is 4.79 Å². The summed E-state index contributed by atoms with van der Waals surface area (Å²) < 4.78 is 10.1. The van der Waals surface area contributed by atoms with Gasteiger partial charge in [-0.25, -0.2) is 4.79 Å². The zero-order valence-corrected chi connectivity index (χ0v) is 12.6. The normalized spacial score (nSPS) is 11.2. The predicted molar refractivity (Wildman–Crippen MR) is 76.9 cm³/mol. The minimum absolute atomic E-state index is 0.281. The molecule has 0 aromatic heterocycles. The Labute approximate surface area is 117 Å². The summed E-state index contributed by atoms with van der Waals surface area (Å²) in [6.07, 6.45) is 1.32. The van der Waals surface area contributed by atoms with E-state index in [-0.39, 0.29) is 6.09 Å². The molecule has 0 spiro atoms. The zero-order valence-electron chi connectivity index (χ0n) is 12.6. The van der Waals surface area contributed by atoms with Gasteiger partial charge in [-0.2, -0.15) is 0 Å². The van der Waals surface area contributed by atoms with Crippen LogP contribution in [0.2, 0.25) is 0 Å². The van der Waals surface area contributed by atoms with Gasteiger partial charge in [0, 0.05) is 20.2 Å². The van der Waals surface area contributed by atoms with Crippen molar-refractivity contribution in [1.82, 2.24) is 10.1 Å². The highest BCUT2D eigenvalue weighted by Crippen LogP contribution is 2.10. The Balaban J connectivity index is 4.10. The van der Waals surface area contributed by atoms with Crippen molar-refractivity contribution in [1.29, 1.82) is 0 Å². The van der Waals surface area contributed by atoms with Crippen molar-refractivity contribution in [3.63, 3.8) is 0 Å². The van der Waals surface area contributed by atoms with Crippen LogP contribution < -0.4 is 11.0 Å². The van der Waals surface area contributed by atoms with Crippen molar-refractivity contribution in [3.05, 3.63) is 0 Å². The molecule has 0 aliphatic rings. The van der Waals surface area contributed by atoms with Gasteiger partial charge in [0.15, 0.2) is 0 Å². The molecule has 1 amide bonds. The van der Waals surface area contributed by atoms with E-state index in [2.05, 4.69) is 5.23 Å². The van der Waals surface area contributed by atoms with E-state index in [4.69, 9.17) is 15.1 Å². The standard InChI is InChI=1S/C12H27BN3O3/c1-12(2,3)19-11(17)16(9-5-7-14)10-6-8-15-13-18-4/h15H,5-10,14H2,1-4H3. The summed E-state index contributed by atoms with van der Waals surface area (Å²) in [5.41, 5.74) is 5.01. The summed E-state index contributed by atoms with van der Waals surface area (Å²) in [5, 5.41) is 2.98. The van der Waals surface area contributed by atoms with Crippen molar-refractivity contribution in [2.45, 2.75) is 39.2 Å². The molecule has 0 unspecified atom stereocenters. The first-order valence-electron chi connectivity index (χ1n) is 6.66. The molecule has 0 aliphatic heterocycles. The first-order chi connectivity index (χ1) is 8.90. The molecule has 0 heterocycles. The van der Waals surface area contributed by atoms with E-state index >= 15 is 0 Å². The van der Waals surface area contributed by atoms with Crippen molar-refractivity contribution in [2.75, 3.05) is 33.3 Å². The van der Waals surface area contributed by atoms with Crippen LogP contribution in [0.3, 0.4) is 0 Å². The van der Waals surface area contributed by atoms with Crippen LogP contribution in [0.15, 0.2) is 0 Å². The number of nitrogens with two attached hydrogens (primary N) is 1. The van der Waals surface area contributed by atoms with Crippen LogP contribution in [-0.4, -0.2) is 57.5 Å². The molecule has 0 saturated heterocycles. The number of nitrogens with one attached hydrogen (secondary N) is 1. The van der Waals surface area contributed by atoms with Gasteiger partial charge in [-0.05, 0) is 46.7 Å². The minimum Gasteiger partial charge on any atom is -0.444 e. The van der Waals surface area contributed by atoms with E-state index in [1.165, 1.54) is 7.62 Å². The van der Waals surface area contributed by atoms with Gasteiger partial charge >= 0.3 is 13.7 Å². The van der Waals surface area contributed by atoms with Crippen LogP contribution in [0.5, 0.6) is 0 Å². The lowest BCUT2D eigenvalue weighted by Gasteiger charge is -2.27. The Morgan fingerprint density at radius 3 is 2.47 bits per heavy atom. The largest absolute Gasteiger partial charge is 0.444 e. The second-order valence-electron chi connectivity index (χ2n) is 5.27. The molecule has 0 aliphatic carbocycles. The van der Waals surface area contributed by atoms with Gasteiger partial charge in [0.05, 0.1) is 0 Å². The van der Waals surface area contributed by atoms with Crippen molar-refractivity contribution in [3.8, 4) is 0 Å². The first-order valence-corrected chi connectivity index (χ1v) is 6.66. The summed E-state index contributed by atoms with van der Waals surface area (Å²) in [6, 6.07) is 0. The van der Waals surface area contributed by atoms with E-state index < -0.39 is 5.60 Å². The molecule has 0 bridgehead atoms. The summed E-state index contributed by atoms with van der Waals surface area (Å²) in [7, 11) is 3.11. The fraction of sp³-hybridized carbons (Fsp3) is 0.917. The number of hydrogen-bond donors (Lipinski definition) is 2. The topological polar surface area (TPSA) is 76.8 Å². The quantitative estimate of drug-likeness (QED) is 0.478. The Morgan fingerprint density at radius 2 is 1.95 bits per heavy atom. The van der Waals surface area contributed by atoms with Gasteiger partial charge in [0.25, 0.3) is 0 Å². The molecule has 0 aromatic rings. The highest BCUT2D eigenvalue weighted by molar-refractivity contribution is 6.23. The van der Waals surface area contributed by atoms with Crippen molar-refractivity contribution in [2.24, 2.45) is 5.73 Å². The van der Waals surface area contributed by atoms with Gasteiger partial charge in [-0.15, -0.1) is 0 Å². The van der Waals surface area contributed by atoms with E-state index in [1.54, 1.807) is 12.0 Å². The van der Waals surface area contributed by atoms with Crippen LogP contribution in [0, 0.1) is 0 Å². The molecule has 0 aromatic carbocycles. The van der Waals surface area contributed by atoms with Crippen LogP contribution in [-0.2, 0) is 9.39 Å². The molecule has 1 radical (unpaired) electrons. The number of carbonyl (C=O) groups is 1. The number of hydrogen-bond acceptors (Lipinski definition) is 5. The maximum Gasteiger partial charge on any atom is 0.410 e. The average molecular weight is 272 g/mol. The van der Waals surface area contributed by atoms with Crippen molar-refractivity contribution < 1.29 is 14.2 Å². The van der Waals surface area contributed by atoms with Gasteiger partial charge < -0.3 is 25.3 Å². The third-order valence-corrected chi connectivity index (χ3v) is 2.23. The van der Waals surface area contributed by atoms with E-state index in [0.29, 0.717) is 19.6 Å². The minimum atomic E-state index is -0.472. The molecular formula is C12H27BN3O3. The fourth-order valence-corrected chi connectivity index (χ4v) is 1.42. The summed E-state index contributed by atoms with van der Waals surface area (Å²) in [6.45, 7) is 8.16. The van der Waals surface area contributed by atoms with Gasteiger partial charge in [0.1, 0.15) is 5.60 Å². The Hall–Kier alpha value is -0.785. The molecule has 0 rings (SSSR count). The van der Waals surface area contributed by atoms with Crippen molar-refractivity contribution >= 4 is 13.7 Å². The summed E-state index contributed by atoms with van der Waals surface area (Å²) in [4.78, 5) is 13.7. The third kappa shape index (κ3) is 10.8. The second-order valence-corrected chi connectivity index (χ2v) is 5.27. The highest BCUT2D eigenvalue weighted by Gasteiger charge is 2.21. The summed E-state index contributed by atoms with van der Waals surface area (Å²) in [5.74, 6) is 0. The van der Waals surface area contributed by atoms with Gasteiger partial charge in [0.2, 0.25) is 0 Å². The lowest BCUT2D eigenvalue weighted by atomic mass is 10.2. The second kappa shape index (κ2) is 10.1. The molecular weight excluding hydrogens is 245 g/mol. The predicted octanol–water partition coefficient (Wildman–Crippen LogP) is 0.733. The molecule has 111 valence electrons. The van der Waals surface area contributed by atoms with Crippen LogP contribution in [0.25, 0.3) is 0 Å². The smallest absolute Gasteiger partial charge is 0.410 e. The molecule has 3 N–H and O–H groups in total. The Bertz CT molecular complexity index is 247. The molecule has 0 fully saturated rings. The molecule has 6 nitrogen and oxygen atoms in total. The molecule has 0 atom stereocenters. The monoisotopic (exact) mass is 272 g/mol. The van der Waals surface area contributed by atoms with Crippen LogP contribution >= 0.6 is 0 Å². The zero-order chi connectivity index (χ0) is 14.7. The average Bonchev–Trinajstić information content (AvgIpc) is 2.30. The molecule has 19 heavy (non-hydrogen) atoms. The Morgan fingerprint density at radius 1 is 1.32 bits per heavy atom. The Kier molecular flexibility index (Phi) is 9.64. The maximum absolute atomic E-state index is 12.0. The third-order valence-electron chi connectivity index (χ3n) is 2.23. The SMILES string of the molecule is CO[B]NCCCN(CCCN)C(=O)OC(C)(C)C. The van der Waals surface area contributed by atoms with Crippen LogP contribution in [0.4, 0.5) is 4.79 Å². The van der Waals surface area contributed by atoms with E-state index in [1.807, 2.05) is 20.8 Å². The number of carbonyl (C=O) groups excluding carboxylic acids is 1. The number of ether oxygens (including phenoxy) is 1. The molecule has 7 heteroatoms. The lowest BCUT2D eigenvalue weighted by Crippen LogP contribution is -2.39. The highest BCUT2D eigenvalue weighted by atomic mass is 16.6. The van der Waals surface area contributed by atoms with Gasteiger partial charge in [-0.3, -0.25) is 0 Å². The molecule has 0 saturated carbocycles. The first kappa shape index (κ1) is 18.2. The van der Waals surface area contributed by atoms with E-state index in [0.717, 1.165) is 19.4 Å². The number of amides is 1. The van der Waals surface area contributed by atoms with Crippen LogP contribution in [0.1, 0.15) is 33.6 Å². The lowest BCUT2D eigenvalue weighted by molar-refractivity contribution is 0.0248. The number of rotatable bonds is 9. The van der Waals surface area contributed by atoms with Gasteiger partial charge in [-0.1, -0.05) is 0 Å². The fourth-order valence-electron chi connectivity index (χ4n) is 1.42. The summed E-state index contributed by atoms with van der Waals surface area (Å²) >= 11 is 0.